The molecule has 0 aromatic carbocycles. The lowest BCUT2D eigenvalue weighted by Crippen LogP contribution is -2.29. The lowest BCUT2D eigenvalue weighted by Gasteiger charge is -2.12. The number of hydrogen-bond acceptors (Lipinski definition) is 5. The molecule has 0 spiro atoms. The molecule has 2 aromatic rings. The number of aliphatic imine (C=N–C) groups is 1. The van der Waals surface area contributed by atoms with E-state index in [0.717, 1.165) is 0 Å². The average Bonchev–Trinajstić information content (AvgIpc) is 3.14. The Hall–Kier alpha value is -2.31. The Morgan fingerprint density at radius 1 is 1.43 bits per heavy atom. The Morgan fingerprint density at radius 3 is 3.00 bits per heavy atom. The summed E-state index contributed by atoms with van der Waals surface area (Å²) in [4.78, 5) is 23.0. The highest BCUT2D eigenvalue weighted by molar-refractivity contribution is 8.18. The number of nitrogens with zero attached hydrogens (tertiary/aromatic N) is 3. The first-order chi connectivity index (χ1) is 11.2. The van der Waals surface area contributed by atoms with Gasteiger partial charge in [0, 0.05) is 18.8 Å². The molecule has 0 aliphatic carbocycles. The SMILES string of the molecule is C=CCN1C(=O)/C(=C\c2ccco2)SC1=Nc1cccnc1Cl. The van der Waals surface area contributed by atoms with E-state index in [9.17, 15) is 4.79 Å². The molecule has 1 aliphatic rings. The normalized spacial score (nSPS) is 18.1. The van der Waals surface area contributed by atoms with Crippen LogP contribution in [0.2, 0.25) is 5.15 Å². The van der Waals surface area contributed by atoms with Crippen molar-refractivity contribution in [2.45, 2.75) is 0 Å². The summed E-state index contributed by atoms with van der Waals surface area (Å²) in [6, 6.07) is 7.03. The van der Waals surface area contributed by atoms with Gasteiger partial charge >= 0.3 is 0 Å². The molecule has 5 nitrogen and oxygen atoms in total. The maximum Gasteiger partial charge on any atom is 0.267 e. The minimum atomic E-state index is -0.148. The first-order valence-electron chi connectivity index (χ1n) is 6.74. The van der Waals surface area contributed by atoms with Crippen LogP contribution in [0.5, 0.6) is 0 Å². The molecule has 0 radical (unpaired) electrons. The van der Waals surface area contributed by atoms with Crippen LogP contribution in [0.1, 0.15) is 5.76 Å². The second-order valence-corrected chi connectivity index (χ2v) is 5.91. The van der Waals surface area contributed by atoms with Crippen molar-refractivity contribution in [3.8, 4) is 0 Å². The molecule has 0 atom stereocenters. The van der Waals surface area contributed by atoms with Crippen LogP contribution in [0.4, 0.5) is 5.69 Å². The summed E-state index contributed by atoms with van der Waals surface area (Å²) in [6.45, 7) is 4.04. The molecule has 116 valence electrons. The minimum absolute atomic E-state index is 0.148. The Labute approximate surface area is 142 Å². The van der Waals surface area contributed by atoms with Gasteiger partial charge < -0.3 is 4.42 Å². The van der Waals surface area contributed by atoms with Crippen molar-refractivity contribution in [3.63, 3.8) is 0 Å². The van der Waals surface area contributed by atoms with Gasteiger partial charge in [-0.3, -0.25) is 9.69 Å². The zero-order valence-corrected chi connectivity index (χ0v) is 13.5. The van der Waals surface area contributed by atoms with Crippen LogP contribution < -0.4 is 0 Å². The van der Waals surface area contributed by atoms with Crippen LogP contribution in [-0.4, -0.2) is 27.5 Å². The number of thioether (sulfide) groups is 1. The third-order valence-electron chi connectivity index (χ3n) is 2.97. The van der Waals surface area contributed by atoms with Crippen LogP contribution in [0.15, 0.2) is 63.7 Å². The molecule has 3 heterocycles. The van der Waals surface area contributed by atoms with Crippen LogP contribution in [0.3, 0.4) is 0 Å². The fourth-order valence-corrected chi connectivity index (χ4v) is 3.09. The topological polar surface area (TPSA) is 58.7 Å². The first-order valence-corrected chi connectivity index (χ1v) is 7.93. The van der Waals surface area contributed by atoms with E-state index in [1.54, 1.807) is 48.9 Å². The van der Waals surface area contributed by atoms with Gasteiger partial charge in [0.05, 0.1) is 11.2 Å². The fraction of sp³-hybridized carbons (Fsp3) is 0.0625. The van der Waals surface area contributed by atoms with Crippen molar-refractivity contribution in [2.24, 2.45) is 4.99 Å². The predicted octanol–water partition coefficient (Wildman–Crippen LogP) is 4.12. The maximum atomic E-state index is 12.5. The van der Waals surface area contributed by atoms with E-state index in [1.165, 1.54) is 16.7 Å². The van der Waals surface area contributed by atoms with Crippen molar-refractivity contribution < 1.29 is 9.21 Å². The predicted molar refractivity (Wildman–Crippen MR) is 92.5 cm³/mol. The number of furan rings is 1. The molecular weight excluding hydrogens is 334 g/mol. The number of pyridine rings is 1. The Bertz CT molecular complexity index is 799. The summed E-state index contributed by atoms with van der Waals surface area (Å²) in [5.41, 5.74) is 0.512. The van der Waals surface area contributed by atoms with Crippen LogP contribution >= 0.6 is 23.4 Å². The zero-order valence-electron chi connectivity index (χ0n) is 12.0. The van der Waals surface area contributed by atoms with E-state index in [4.69, 9.17) is 16.0 Å². The third-order valence-corrected chi connectivity index (χ3v) is 4.27. The van der Waals surface area contributed by atoms with Gasteiger partial charge in [-0.2, -0.15) is 0 Å². The fourth-order valence-electron chi connectivity index (χ4n) is 1.95. The number of amidine groups is 1. The van der Waals surface area contributed by atoms with Crippen LogP contribution in [0, 0.1) is 0 Å². The van der Waals surface area contributed by atoms with E-state index in [1.807, 2.05) is 0 Å². The lowest BCUT2D eigenvalue weighted by molar-refractivity contribution is -0.121. The molecule has 1 saturated heterocycles. The molecule has 3 rings (SSSR count). The van der Waals surface area contributed by atoms with Gasteiger partial charge in [-0.15, -0.1) is 6.58 Å². The molecule has 7 heteroatoms. The summed E-state index contributed by atoms with van der Waals surface area (Å²) < 4.78 is 5.26. The molecule has 0 bridgehead atoms. The van der Waals surface area contributed by atoms with Crippen molar-refractivity contribution in [1.82, 2.24) is 9.88 Å². The highest BCUT2D eigenvalue weighted by Crippen LogP contribution is 2.35. The molecule has 1 fully saturated rings. The van der Waals surface area contributed by atoms with Gasteiger partial charge in [0.25, 0.3) is 5.91 Å². The first kappa shape index (κ1) is 15.6. The van der Waals surface area contributed by atoms with E-state index in [-0.39, 0.29) is 11.1 Å². The van der Waals surface area contributed by atoms with Crippen LogP contribution in [-0.2, 0) is 4.79 Å². The maximum absolute atomic E-state index is 12.5. The average molecular weight is 346 g/mol. The van der Waals surface area contributed by atoms with Gasteiger partial charge in [-0.1, -0.05) is 17.7 Å². The van der Waals surface area contributed by atoms with E-state index < -0.39 is 0 Å². The summed E-state index contributed by atoms with van der Waals surface area (Å²) in [6.07, 6.45) is 6.48. The standard InChI is InChI=1S/C16H12ClN3O2S/c1-2-8-20-15(21)13(10-11-5-4-9-22-11)23-16(20)19-12-6-3-7-18-14(12)17/h2-7,9-10H,1,8H2/b13-10+,19-16?. The van der Waals surface area contributed by atoms with Crippen molar-refractivity contribution in [1.29, 1.82) is 0 Å². The Balaban J connectivity index is 1.97. The Morgan fingerprint density at radius 2 is 2.30 bits per heavy atom. The third kappa shape index (κ3) is 3.38. The summed E-state index contributed by atoms with van der Waals surface area (Å²) >= 11 is 7.30. The number of aromatic nitrogens is 1. The monoisotopic (exact) mass is 345 g/mol. The van der Waals surface area contributed by atoms with Gasteiger partial charge in [0.1, 0.15) is 11.4 Å². The largest absolute Gasteiger partial charge is 0.465 e. The molecule has 0 N–H and O–H groups in total. The number of carbonyl (C=O) groups excluding carboxylic acids is 1. The highest BCUT2D eigenvalue weighted by Gasteiger charge is 2.33. The summed E-state index contributed by atoms with van der Waals surface area (Å²) in [7, 11) is 0. The van der Waals surface area contributed by atoms with Crippen LogP contribution in [0.25, 0.3) is 6.08 Å². The second kappa shape index (κ2) is 6.85. The summed E-state index contributed by atoms with van der Waals surface area (Å²) in [5.74, 6) is 0.463. The van der Waals surface area contributed by atoms with Gasteiger partial charge in [0.2, 0.25) is 0 Å². The molecule has 23 heavy (non-hydrogen) atoms. The molecule has 1 aliphatic heterocycles. The number of amides is 1. The number of carbonyl (C=O) groups is 1. The molecule has 1 amide bonds. The number of rotatable bonds is 4. The number of hydrogen-bond donors (Lipinski definition) is 0. The van der Waals surface area contributed by atoms with Crippen molar-refractivity contribution >= 4 is 46.2 Å². The second-order valence-electron chi connectivity index (χ2n) is 4.54. The van der Waals surface area contributed by atoms with Gasteiger partial charge in [-0.25, -0.2) is 9.98 Å². The quantitative estimate of drug-likeness (QED) is 0.475. The summed E-state index contributed by atoms with van der Waals surface area (Å²) in [5, 5.41) is 0.817. The van der Waals surface area contributed by atoms with E-state index in [2.05, 4.69) is 16.6 Å². The number of halogens is 1. The van der Waals surface area contributed by atoms with Gasteiger partial charge in [-0.05, 0) is 36.0 Å². The molecule has 0 unspecified atom stereocenters. The lowest BCUT2D eigenvalue weighted by atomic mass is 10.3. The van der Waals surface area contributed by atoms with Gasteiger partial charge in [0.15, 0.2) is 10.3 Å². The van der Waals surface area contributed by atoms with E-state index in [0.29, 0.717) is 28.1 Å². The van der Waals surface area contributed by atoms with E-state index >= 15 is 0 Å². The smallest absolute Gasteiger partial charge is 0.267 e. The highest BCUT2D eigenvalue weighted by atomic mass is 35.5. The minimum Gasteiger partial charge on any atom is -0.465 e. The molecule has 2 aromatic heterocycles. The van der Waals surface area contributed by atoms with Crippen molar-refractivity contribution in [2.75, 3.05) is 6.54 Å². The molecule has 0 saturated carbocycles. The Kier molecular flexibility index (Phi) is 4.64. The zero-order chi connectivity index (χ0) is 16.2. The van der Waals surface area contributed by atoms with Crippen molar-refractivity contribution in [3.05, 3.63) is 65.2 Å². The molecular formula is C16H12ClN3O2S.